The molecule has 7 nitrogen and oxygen atoms in total. The van der Waals surface area contributed by atoms with Crippen LogP contribution < -0.4 is 5.32 Å². The van der Waals surface area contributed by atoms with E-state index in [2.05, 4.69) is 27.8 Å². The molecule has 1 atom stereocenters. The fourth-order valence-electron chi connectivity index (χ4n) is 2.86. The molecule has 8 heteroatoms. The Morgan fingerprint density at radius 1 is 1.40 bits per heavy atom. The van der Waals surface area contributed by atoms with Gasteiger partial charge in [-0.15, -0.1) is 0 Å². The van der Waals surface area contributed by atoms with E-state index in [0.717, 1.165) is 19.3 Å². The summed E-state index contributed by atoms with van der Waals surface area (Å²) in [5.41, 5.74) is 1.55. The van der Waals surface area contributed by atoms with Gasteiger partial charge in [-0.3, -0.25) is 0 Å². The smallest absolute Gasteiger partial charge is 0.338 e. The minimum atomic E-state index is -0.638. The number of esters is 1. The second kappa shape index (κ2) is 7.42. The fraction of sp³-hybridized carbons (Fsp3) is 0.412. The van der Waals surface area contributed by atoms with Gasteiger partial charge in [-0.2, -0.15) is 4.68 Å². The number of unbranched alkanes of at least 4 members (excludes halogenated alkanes) is 2. The molecule has 0 saturated carbocycles. The number of hydrogen-bond acceptors (Lipinski definition) is 6. The molecule has 3 rings (SSSR count). The quantitative estimate of drug-likeness (QED) is 0.640. The van der Waals surface area contributed by atoms with Crippen molar-refractivity contribution in [2.75, 3.05) is 11.9 Å². The van der Waals surface area contributed by atoms with Gasteiger partial charge in [0, 0.05) is 5.70 Å². The monoisotopic (exact) mass is 345 g/mol. The average Bonchev–Trinajstić information content (AvgIpc) is 3.05. The minimum absolute atomic E-state index is 0.349. The van der Waals surface area contributed by atoms with E-state index in [1.165, 1.54) is 16.8 Å². The van der Waals surface area contributed by atoms with Crippen LogP contribution in [0.3, 0.4) is 0 Å². The van der Waals surface area contributed by atoms with Crippen LogP contribution >= 0.6 is 0 Å². The Hall–Kier alpha value is -2.77. The zero-order valence-electron chi connectivity index (χ0n) is 14.2. The highest BCUT2D eigenvalue weighted by atomic mass is 19.1. The number of aromatic nitrogens is 4. The highest BCUT2D eigenvalue weighted by Crippen LogP contribution is 2.34. The topological polar surface area (TPSA) is 81.9 Å². The first kappa shape index (κ1) is 17.1. The van der Waals surface area contributed by atoms with Crippen molar-refractivity contribution in [3.05, 3.63) is 46.9 Å². The van der Waals surface area contributed by atoms with Crippen LogP contribution in [0.25, 0.3) is 0 Å². The van der Waals surface area contributed by atoms with E-state index in [1.807, 2.05) is 0 Å². The molecule has 25 heavy (non-hydrogen) atoms. The summed E-state index contributed by atoms with van der Waals surface area (Å²) in [4.78, 5) is 12.7. The number of rotatable bonds is 6. The van der Waals surface area contributed by atoms with E-state index in [0.29, 0.717) is 29.4 Å². The molecule has 0 unspecified atom stereocenters. The van der Waals surface area contributed by atoms with Crippen LogP contribution in [-0.4, -0.2) is 32.8 Å². The third-order valence-electron chi connectivity index (χ3n) is 4.08. The van der Waals surface area contributed by atoms with Gasteiger partial charge < -0.3 is 10.1 Å². The molecule has 2 aromatic rings. The van der Waals surface area contributed by atoms with Gasteiger partial charge in [-0.1, -0.05) is 37.0 Å². The van der Waals surface area contributed by atoms with Crippen molar-refractivity contribution in [3.8, 4) is 0 Å². The number of fused-ring (bicyclic) bond motifs is 1. The molecule has 1 aromatic heterocycles. The Kier molecular flexibility index (Phi) is 5.06. The second-order valence-corrected chi connectivity index (χ2v) is 5.91. The Balaban J connectivity index is 1.94. The molecule has 1 aliphatic rings. The summed E-state index contributed by atoms with van der Waals surface area (Å²) in [7, 11) is 0. The van der Waals surface area contributed by atoms with E-state index in [9.17, 15) is 9.18 Å². The molecule has 2 heterocycles. The third kappa shape index (κ3) is 3.52. The van der Waals surface area contributed by atoms with Crippen LogP contribution in [0.15, 0.2) is 35.5 Å². The molecule has 0 amide bonds. The Labute approximate surface area is 144 Å². The van der Waals surface area contributed by atoms with Crippen LogP contribution in [0.4, 0.5) is 10.3 Å². The number of hydrogen-bond donors (Lipinski definition) is 1. The van der Waals surface area contributed by atoms with E-state index in [1.54, 1.807) is 19.1 Å². The first-order valence-corrected chi connectivity index (χ1v) is 8.30. The van der Waals surface area contributed by atoms with Gasteiger partial charge >= 0.3 is 5.97 Å². The molecule has 0 aliphatic carbocycles. The molecule has 0 spiro atoms. The molecule has 0 fully saturated rings. The maximum Gasteiger partial charge on any atom is 0.338 e. The number of nitrogens with zero attached hydrogens (tertiary/aromatic N) is 4. The van der Waals surface area contributed by atoms with Crippen LogP contribution in [0.1, 0.15) is 44.7 Å². The number of tetrazole rings is 1. The maximum absolute atomic E-state index is 13.7. The summed E-state index contributed by atoms with van der Waals surface area (Å²) in [5, 5.41) is 14.5. The van der Waals surface area contributed by atoms with Gasteiger partial charge in [0.15, 0.2) is 0 Å². The standard InChI is InChI=1S/C17H20FN5O2/c1-3-4-5-9-25-16(24)14-11(2)19-17-20-21-22-23(17)15(14)12-7-6-8-13(18)10-12/h6-8,10,15H,3-5,9H2,1-2H3,(H,19,20,22)/t15-/m1/s1. The summed E-state index contributed by atoms with van der Waals surface area (Å²) < 4.78 is 20.6. The number of benzene rings is 1. The van der Waals surface area contributed by atoms with Crippen molar-refractivity contribution in [2.24, 2.45) is 0 Å². The van der Waals surface area contributed by atoms with E-state index in [4.69, 9.17) is 4.74 Å². The van der Waals surface area contributed by atoms with Crippen molar-refractivity contribution < 1.29 is 13.9 Å². The summed E-state index contributed by atoms with van der Waals surface area (Å²) in [5.74, 6) is -0.440. The van der Waals surface area contributed by atoms with Crippen molar-refractivity contribution in [1.82, 2.24) is 20.2 Å². The van der Waals surface area contributed by atoms with Crippen LogP contribution in [0.2, 0.25) is 0 Å². The van der Waals surface area contributed by atoms with Gasteiger partial charge in [0.25, 0.3) is 0 Å². The van der Waals surface area contributed by atoms with Gasteiger partial charge in [0.1, 0.15) is 11.9 Å². The third-order valence-corrected chi connectivity index (χ3v) is 4.08. The maximum atomic E-state index is 13.7. The fourth-order valence-corrected chi connectivity index (χ4v) is 2.86. The predicted molar refractivity (Wildman–Crippen MR) is 89.2 cm³/mol. The summed E-state index contributed by atoms with van der Waals surface area (Å²) >= 11 is 0. The first-order chi connectivity index (χ1) is 12.1. The highest BCUT2D eigenvalue weighted by Gasteiger charge is 2.35. The molecule has 1 aliphatic heterocycles. The molecule has 1 N–H and O–H groups in total. The van der Waals surface area contributed by atoms with E-state index >= 15 is 0 Å². The van der Waals surface area contributed by atoms with Crippen molar-refractivity contribution in [1.29, 1.82) is 0 Å². The lowest BCUT2D eigenvalue weighted by atomic mass is 9.96. The molecule has 0 radical (unpaired) electrons. The average molecular weight is 345 g/mol. The second-order valence-electron chi connectivity index (χ2n) is 5.91. The molecule has 0 bridgehead atoms. The molecular formula is C17H20FN5O2. The molecule has 132 valence electrons. The zero-order chi connectivity index (χ0) is 17.8. The molecule has 1 aromatic carbocycles. The van der Waals surface area contributed by atoms with Crippen molar-refractivity contribution in [3.63, 3.8) is 0 Å². The SMILES string of the molecule is CCCCCOC(=O)C1=C(C)Nc2nnnn2[C@@H]1c1cccc(F)c1. The number of carbonyl (C=O) groups excluding carboxylic acids is 1. The van der Waals surface area contributed by atoms with Crippen molar-refractivity contribution in [2.45, 2.75) is 39.2 Å². The number of anilines is 1. The number of allylic oxidation sites excluding steroid dienone is 1. The number of halogens is 1. The summed E-state index contributed by atoms with van der Waals surface area (Å²) in [6, 6.07) is 5.42. The van der Waals surface area contributed by atoms with E-state index < -0.39 is 12.0 Å². The summed E-state index contributed by atoms with van der Waals surface area (Å²) in [6.45, 7) is 4.19. The Bertz CT molecular complexity index is 802. The predicted octanol–water partition coefficient (Wildman–Crippen LogP) is 2.83. The number of nitrogens with one attached hydrogen (secondary N) is 1. The lowest BCUT2D eigenvalue weighted by molar-refractivity contribution is -0.139. The largest absolute Gasteiger partial charge is 0.462 e. The van der Waals surface area contributed by atoms with Gasteiger partial charge in [-0.05, 0) is 41.5 Å². The number of ether oxygens (including phenoxy) is 1. The normalized spacial score (nSPS) is 16.4. The van der Waals surface area contributed by atoms with Gasteiger partial charge in [0.05, 0.1) is 12.2 Å². The number of carbonyl (C=O) groups is 1. The minimum Gasteiger partial charge on any atom is -0.462 e. The van der Waals surface area contributed by atoms with Crippen LogP contribution in [0, 0.1) is 5.82 Å². The van der Waals surface area contributed by atoms with Crippen LogP contribution in [0.5, 0.6) is 0 Å². The molecule has 0 saturated heterocycles. The molecular weight excluding hydrogens is 325 g/mol. The van der Waals surface area contributed by atoms with Gasteiger partial charge in [0.2, 0.25) is 5.95 Å². The Morgan fingerprint density at radius 3 is 3.00 bits per heavy atom. The zero-order valence-corrected chi connectivity index (χ0v) is 14.2. The lowest BCUT2D eigenvalue weighted by Crippen LogP contribution is -2.30. The highest BCUT2D eigenvalue weighted by molar-refractivity contribution is 5.92. The lowest BCUT2D eigenvalue weighted by Gasteiger charge is -2.27. The van der Waals surface area contributed by atoms with E-state index in [-0.39, 0.29) is 5.82 Å². The summed E-state index contributed by atoms with van der Waals surface area (Å²) in [6.07, 6.45) is 2.84. The first-order valence-electron chi connectivity index (χ1n) is 8.30. The van der Waals surface area contributed by atoms with Gasteiger partial charge in [-0.25, -0.2) is 9.18 Å². The Morgan fingerprint density at radius 2 is 2.24 bits per heavy atom. The van der Waals surface area contributed by atoms with Crippen LogP contribution in [-0.2, 0) is 9.53 Å². The van der Waals surface area contributed by atoms with Crippen molar-refractivity contribution >= 4 is 11.9 Å².